The summed E-state index contributed by atoms with van der Waals surface area (Å²) in [5.74, 6) is 0.409. The van der Waals surface area contributed by atoms with Gasteiger partial charge in [0.1, 0.15) is 5.82 Å². The van der Waals surface area contributed by atoms with Gasteiger partial charge in [-0.2, -0.15) is 4.98 Å². The summed E-state index contributed by atoms with van der Waals surface area (Å²) in [6, 6.07) is 16.2. The number of aromatic nitrogens is 2. The van der Waals surface area contributed by atoms with Gasteiger partial charge in [-0.05, 0) is 24.3 Å². The van der Waals surface area contributed by atoms with Crippen LogP contribution in [-0.2, 0) is 6.42 Å². The van der Waals surface area contributed by atoms with Crippen LogP contribution in [0.2, 0.25) is 0 Å². The van der Waals surface area contributed by atoms with Crippen LogP contribution in [0, 0.1) is 5.82 Å². The van der Waals surface area contributed by atoms with Crippen LogP contribution < -0.4 is 5.32 Å². The summed E-state index contributed by atoms with van der Waals surface area (Å²) in [5, 5.41) is 7.07. The van der Waals surface area contributed by atoms with Crippen molar-refractivity contribution in [2.75, 3.05) is 11.9 Å². The van der Waals surface area contributed by atoms with Crippen LogP contribution >= 0.6 is 0 Å². The van der Waals surface area contributed by atoms with Crippen molar-refractivity contribution in [2.24, 2.45) is 0 Å². The SMILES string of the molecule is Fc1ccccc1-c1noc(CCNc2ccccc2)n1. The van der Waals surface area contributed by atoms with Crippen molar-refractivity contribution in [3.8, 4) is 11.4 Å². The van der Waals surface area contributed by atoms with Gasteiger partial charge < -0.3 is 9.84 Å². The van der Waals surface area contributed by atoms with Gasteiger partial charge in [-0.1, -0.05) is 35.5 Å². The molecule has 1 heterocycles. The molecule has 0 saturated heterocycles. The summed E-state index contributed by atoms with van der Waals surface area (Å²) < 4.78 is 18.8. The van der Waals surface area contributed by atoms with Gasteiger partial charge in [0, 0.05) is 18.7 Å². The summed E-state index contributed by atoms with van der Waals surface area (Å²) in [4.78, 5) is 4.21. The number of nitrogens with one attached hydrogen (secondary N) is 1. The summed E-state index contributed by atoms with van der Waals surface area (Å²) in [5.41, 5.74) is 1.38. The Morgan fingerprint density at radius 2 is 1.76 bits per heavy atom. The van der Waals surface area contributed by atoms with E-state index >= 15 is 0 Å². The van der Waals surface area contributed by atoms with E-state index in [1.807, 2.05) is 30.3 Å². The first-order chi connectivity index (χ1) is 10.3. The van der Waals surface area contributed by atoms with Crippen LogP contribution in [0.15, 0.2) is 59.1 Å². The molecule has 5 heteroatoms. The fourth-order valence-electron chi connectivity index (χ4n) is 1.98. The number of para-hydroxylation sites is 1. The van der Waals surface area contributed by atoms with Crippen LogP contribution in [0.5, 0.6) is 0 Å². The first kappa shape index (κ1) is 13.3. The number of rotatable bonds is 5. The van der Waals surface area contributed by atoms with E-state index in [9.17, 15) is 4.39 Å². The van der Waals surface area contributed by atoms with Gasteiger partial charge in [0.05, 0.1) is 5.56 Å². The molecule has 0 bridgehead atoms. The average Bonchev–Trinajstić information content (AvgIpc) is 2.97. The molecule has 21 heavy (non-hydrogen) atoms. The van der Waals surface area contributed by atoms with Gasteiger partial charge in [0.2, 0.25) is 11.7 Å². The lowest BCUT2D eigenvalue weighted by molar-refractivity contribution is 0.381. The Labute approximate surface area is 121 Å². The third kappa shape index (κ3) is 3.25. The zero-order valence-corrected chi connectivity index (χ0v) is 11.3. The van der Waals surface area contributed by atoms with Gasteiger partial charge in [-0.25, -0.2) is 4.39 Å². The van der Waals surface area contributed by atoms with Crippen LogP contribution in [0.1, 0.15) is 5.89 Å². The number of halogens is 1. The third-order valence-electron chi connectivity index (χ3n) is 3.02. The van der Waals surface area contributed by atoms with Gasteiger partial charge in [0.25, 0.3) is 0 Å². The van der Waals surface area contributed by atoms with E-state index in [0.717, 1.165) is 5.69 Å². The van der Waals surface area contributed by atoms with Crippen molar-refractivity contribution in [1.82, 2.24) is 10.1 Å². The molecule has 2 aromatic carbocycles. The third-order valence-corrected chi connectivity index (χ3v) is 3.02. The number of benzene rings is 2. The van der Waals surface area contributed by atoms with E-state index in [-0.39, 0.29) is 11.6 Å². The van der Waals surface area contributed by atoms with Crippen LogP contribution in [0.3, 0.4) is 0 Å². The lowest BCUT2D eigenvalue weighted by Crippen LogP contribution is -2.04. The molecule has 106 valence electrons. The van der Waals surface area contributed by atoms with Gasteiger partial charge in [-0.15, -0.1) is 0 Å². The summed E-state index contributed by atoms with van der Waals surface area (Å²) >= 11 is 0. The van der Waals surface area contributed by atoms with Crippen molar-refractivity contribution in [2.45, 2.75) is 6.42 Å². The molecule has 0 atom stereocenters. The highest BCUT2D eigenvalue weighted by molar-refractivity contribution is 5.54. The predicted octanol–water partition coefficient (Wildman–Crippen LogP) is 3.53. The fraction of sp³-hybridized carbons (Fsp3) is 0.125. The van der Waals surface area contributed by atoms with E-state index in [2.05, 4.69) is 15.5 Å². The normalized spacial score (nSPS) is 10.5. The van der Waals surface area contributed by atoms with Crippen LogP contribution in [0.25, 0.3) is 11.4 Å². The first-order valence-electron chi connectivity index (χ1n) is 6.69. The highest BCUT2D eigenvalue weighted by atomic mass is 19.1. The molecular formula is C16H14FN3O. The summed E-state index contributed by atoms with van der Waals surface area (Å²) in [6.45, 7) is 0.670. The number of hydrogen-bond acceptors (Lipinski definition) is 4. The molecule has 3 rings (SSSR count). The number of anilines is 1. The minimum Gasteiger partial charge on any atom is -0.385 e. The molecule has 0 aliphatic rings. The van der Waals surface area contributed by atoms with Crippen molar-refractivity contribution < 1.29 is 8.91 Å². The molecule has 0 radical (unpaired) electrons. The summed E-state index contributed by atoms with van der Waals surface area (Å²) in [7, 11) is 0. The standard InChI is InChI=1S/C16H14FN3O/c17-14-9-5-4-8-13(14)16-19-15(21-20-16)10-11-18-12-6-2-1-3-7-12/h1-9,18H,10-11H2. The minimum absolute atomic E-state index is 0.280. The topological polar surface area (TPSA) is 51.0 Å². The Kier molecular flexibility index (Phi) is 3.91. The van der Waals surface area contributed by atoms with Gasteiger partial charge in [0.15, 0.2) is 0 Å². The van der Waals surface area contributed by atoms with Crippen molar-refractivity contribution >= 4 is 5.69 Å². The molecule has 0 aliphatic heterocycles. The van der Waals surface area contributed by atoms with E-state index in [4.69, 9.17) is 4.52 Å². The Bertz CT molecular complexity index is 712. The second-order valence-corrected chi connectivity index (χ2v) is 4.53. The molecular weight excluding hydrogens is 269 g/mol. The van der Waals surface area contributed by atoms with Crippen molar-refractivity contribution in [3.63, 3.8) is 0 Å². The highest BCUT2D eigenvalue weighted by Crippen LogP contribution is 2.19. The molecule has 0 aliphatic carbocycles. The molecule has 0 saturated carbocycles. The highest BCUT2D eigenvalue weighted by Gasteiger charge is 2.11. The zero-order chi connectivity index (χ0) is 14.5. The monoisotopic (exact) mass is 283 g/mol. The second kappa shape index (κ2) is 6.17. The maximum atomic E-state index is 13.6. The van der Waals surface area contributed by atoms with Gasteiger partial charge in [-0.3, -0.25) is 0 Å². The van der Waals surface area contributed by atoms with Crippen LogP contribution in [-0.4, -0.2) is 16.7 Å². The van der Waals surface area contributed by atoms with Crippen LogP contribution in [0.4, 0.5) is 10.1 Å². The average molecular weight is 283 g/mol. The lowest BCUT2D eigenvalue weighted by Gasteiger charge is -2.02. The predicted molar refractivity (Wildman–Crippen MR) is 78.3 cm³/mol. The number of hydrogen-bond donors (Lipinski definition) is 1. The minimum atomic E-state index is -0.354. The van der Waals surface area contributed by atoms with E-state index < -0.39 is 0 Å². The molecule has 0 amide bonds. The van der Waals surface area contributed by atoms with Crippen molar-refractivity contribution in [3.05, 3.63) is 66.3 Å². The first-order valence-corrected chi connectivity index (χ1v) is 6.69. The Balaban J connectivity index is 1.62. The molecule has 0 fully saturated rings. The Morgan fingerprint density at radius 1 is 1.00 bits per heavy atom. The van der Waals surface area contributed by atoms with E-state index in [1.165, 1.54) is 6.07 Å². The second-order valence-electron chi connectivity index (χ2n) is 4.53. The largest absolute Gasteiger partial charge is 0.385 e. The van der Waals surface area contributed by atoms with E-state index in [0.29, 0.717) is 24.4 Å². The van der Waals surface area contributed by atoms with E-state index in [1.54, 1.807) is 18.2 Å². The summed E-state index contributed by atoms with van der Waals surface area (Å²) in [6.07, 6.45) is 0.580. The number of nitrogens with zero attached hydrogens (tertiary/aromatic N) is 2. The Morgan fingerprint density at radius 3 is 2.57 bits per heavy atom. The maximum absolute atomic E-state index is 13.6. The lowest BCUT2D eigenvalue weighted by atomic mass is 10.2. The fourth-order valence-corrected chi connectivity index (χ4v) is 1.98. The zero-order valence-electron chi connectivity index (χ0n) is 11.3. The van der Waals surface area contributed by atoms with Gasteiger partial charge >= 0.3 is 0 Å². The molecule has 4 nitrogen and oxygen atoms in total. The molecule has 0 spiro atoms. The maximum Gasteiger partial charge on any atom is 0.228 e. The smallest absolute Gasteiger partial charge is 0.228 e. The molecule has 3 aromatic rings. The molecule has 1 aromatic heterocycles. The van der Waals surface area contributed by atoms with Crippen molar-refractivity contribution in [1.29, 1.82) is 0 Å². The Hall–Kier alpha value is -2.69. The quantitative estimate of drug-likeness (QED) is 0.778. The molecule has 0 unspecified atom stereocenters. The molecule has 1 N–H and O–H groups in total.